The van der Waals surface area contributed by atoms with Crippen molar-refractivity contribution in [3.05, 3.63) is 42.0 Å². The molecule has 3 atom stereocenters. The molecule has 1 fully saturated rings. The van der Waals surface area contributed by atoms with E-state index < -0.39 is 23.6 Å². The number of ether oxygens (including phenoxy) is 3. The zero-order valence-corrected chi connectivity index (χ0v) is 17.4. The number of aryl methyl sites for hydroxylation is 1. The Kier molecular flexibility index (Phi) is 7.70. The highest BCUT2D eigenvalue weighted by molar-refractivity contribution is 6.13. The average molecular weight is 403 g/mol. The topological polar surface area (TPSA) is 90.9 Å². The number of Topliss-reactive ketones (excluding diaryl/α,β-unsaturated/α-hetero) is 1. The minimum atomic E-state index is -1.45. The predicted molar refractivity (Wildman–Crippen MR) is 108 cm³/mol. The first kappa shape index (κ1) is 22.8. The van der Waals surface area contributed by atoms with Gasteiger partial charge in [-0.2, -0.15) is 0 Å². The van der Waals surface area contributed by atoms with Crippen LogP contribution in [0.1, 0.15) is 32.8 Å². The van der Waals surface area contributed by atoms with Crippen LogP contribution in [-0.4, -0.2) is 50.2 Å². The Morgan fingerprint density at radius 2 is 1.90 bits per heavy atom. The number of methoxy groups -OCH3 is 1. The van der Waals surface area contributed by atoms with E-state index in [-0.39, 0.29) is 30.5 Å². The van der Waals surface area contributed by atoms with Crippen LogP contribution >= 0.6 is 0 Å². The van der Waals surface area contributed by atoms with Gasteiger partial charge >= 0.3 is 5.97 Å². The van der Waals surface area contributed by atoms with E-state index in [2.05, 4.69) is 11.9 Å². The molecule has 0 spiro atoms. The maximum absolute atomic E-state index is 12.9. The summed E-state index contributed by atoms with van der Waals surface area (Å²) < 4.78 is 16.2. The lowest BCUT2D eigenvalue weighted by Gasteiger charge is -2.41. The van der Waals surface area contributed by atoms with Crippen LogP contribution in [0.15, 0.2) is 36.4 Å². The fourth-order valence-electron chi connectivity index (χ4n) is 3.33. The van der Waals surface area contributed by atoms with Crippen molar-refractivity contribution >= 4 is 23.3 Å². The van der Waals surface area contributed by atoms with Crippen molar-refractivity contribution in [3.8, 4) is 0 Å². The summed E-state index contributed by atoms with van der Waals surface area (Å²) in [5.74, 6) is -1.10. The van der Waals surface area contributed by atoms with Gasteiger partial charge in [0.15, 0.2) is 11.2 Å². The summed E-state index contributed by atoms with van der Waals surface area (Å²) in [5, 5.41) is 2.72. The molecule has 2 rings (SSSR count). The number of anilines is 1. The number of carbonyl (C=O) groups is 3. The lowest BCUT2D eigenvalue weighted by molar-refractivity contribution is -0.178. The quantitative estimate of drug-likeness (QED) is 0.311. The third kappa shape index (κ3) is 5.31. The van der Waals surface area contributed by atoms with Crippen LogP contribution in [-0.2, 0) is 35.0 Å². The molecule has 29 heavy (non-hydrogen) atoms. The SMILES string of the molecule is C=C1C(=O)[C@](C)(C(=O)OCCOC)[C@H](CCc2ccc(NC(C)=O)cc2)O[C@@H]1C. The minimum Gasteiger partial charge on any atom is -0.462 e. The molecule has 1 amide bonds. The Labute approximate surface area is 171 Å². The molecule has 0 bridgehead atoms. The Morgan fingerprint density at radius 3 is 2.48 bits per heavy atom. The van der Waals surface area contributed by atoms with Gasteiger partial charge in [0.1, 0.15) is 6.61 Å². The second-order valence-corrected chi connectivity index (χ2v) is 7.37. The van der Waals surface area contributed by atoms with Gasteiger partial charge in [-0.1, -0.05) is 18.7 Å². The van der Waals surface area contributed by atoms with Gasteiger partial charge in [0, 0.05) is 25.3 Å². The summed E-state index contributed by atoms with van der Waals surface area (Å²) in [6.45, 7) is 8.88. The van der Waals surface area contributed by atoms with Crippen LogP contribution in [0.2, 0.25) is 0 Å². The van der Waals surface area contributed by atoms with Gasteiger partial charge in [0.25, 0.3) is 0 Å². The largest absolute Gasteiger partial charge is 0.462 e. The zero-order valence-electron chi connectivity index (χ0n) is 17.4. The molecule has 1 heterocycles. The van der Waals surface area contributed by atoms with Gasteiger partial charge in [-0.3, -0.25) is 14.4 Å². The van der Waals surface area contributed by atoms with Gasteiger partial charge in [-0.05, 0) is 44.4 Å². The fourth-order valence-corrected chi connectivity index (χ4v) is 3.33. The standard InChI is InChI=1S/C22H29NO6/c1-14-15(2)29-19(22(4,20(14)25)21(26)28-13-12-27-5)11-8-17-6-9-18(10-7-17)23-16(3)24/h6-7,9-10,15,19H,1,8,11-13H2,2-5H3,(H,23,24)/t15-,19+,22-/m1/s1. The first-order valence-corrected chi connectivity index (χ1v) is 9.61. The molecular weight excluding hydrogens is 374 g/mol. The molecule has 0 aromatic heterocycles. The fraction of sp³-hybridized carbons (Fsp3) is 0.500. The smallest absolute Gasteiger partial charge is 0.322 e. The molecule has 0 saturated carbocycles. The summed E-state index contributed by atoms with van der Waals surface area (Å²) in [6.07, 6.45) is -0.0491. The van der Waals surface area contributed by atoms with E-state index >= 15 is 0 Å². The molecular formula is C22H29NO6. The number of amides is 1. The van der Waals surface area contributed by atoms with Crippen molar-refractivity contribution in [2.45, 2.75) is 45.8 Å². The number of ketones is 1. The van der Waals surface area contributed by atoms with Crippen molar-refractivity contribution < 1.29 is 28.6 Å². The lowest BCUT2D eigenvalue weighted by Crippen LogP contribution is -2.55. The van der Waals surface area contributed by atoms with Crippen molar-refractivity contribution in [3.63, 3.8) is 0 Å². The van der Waals surface area contributed by atoms with Gasteiger partial charge in [-0.25, -0.2) is 0 Å². The number of carbonyl (C=O) groups excluding carboxylic acids is 3. The third-order valence-corrected chi connectivity index (χ3v) is 5.18. The number of hydrogen-bond donors (Lipinski definition) is 1. The van der Waals surface area contributed by atoms with Crippen molar-refractivity contribution in [2.75, 3.05) is 25.6 Å². The lowest BCUT2D eigenvalue weighted by atomic mass is 9.72. The van der Waals surface area contributed by atoms with E-state index in [1.54, 1.807) is 13.8 Å². The normalized spacial score (nSPS) is 24.3. The van der Waals surface area contributed by atoms with Crippen LogP contribution in [0.5, 0.6) is 0 Å². The molecule has 1 aromatic carbocycles. The molecule has 0 aliphatic carbocycles. The van der Waals surface area contributed by atoms with Crippen LogP contribution in [0.4, 0.5) is 5.69 Å². The van der Waals surface area contributed by atoms with E-state index in [9.17, 15) is 14.4 Å². The van der Waals surface area contributed by atoms with Crippen LogP contribution in [0.25, 0.3) is 0 Å². The maximum Gasteiger partial charge on any atom is 0.322 e. The first-order chi connectivity index (χ1) is 13.7. The summed E-state index contributed by atoms with van der Waals surface area (Å²) in [5.41, 5.74) is 0.532. The molecule has 158 valence electrons. The Balaban J connectivity index is 2.14. The highest BCUT2D eigenvalue weighted by Gasteiger charge is 2.54. The summed E-state index contributed by atoms with van der Waals surface area (Å²) in [7, 11) is 1.51. The van der Waals surface area contributed by atoms with E-state index in [0.29, 0.717) is 18.5 Å². The van der Waals surface area contributed by atoms with Crippen molar-refractivity contribution in [1.29, 1.82) is 0 Å². The van der Waals surface area contributed by atoms with Crippen LogP contribution < -0.4 is 5.32 Å². The highest BCUT2D eigenvalue weighted by Crippen LogP contribution is 2.39. The second-order valence-electron chi connectivity index (χ2n) is 7.37. The van der Waals surface area contributed by atoms with Crippen LogP contribution in [0.3, 0.4) is 0 Å². The van der Waals surface area contributed by atoms with Crippen molar-refractivity contribution in [2.24, 2.45) is 5.41 Å². The monoisotopic (exact) mass is 403 g/mol. The van der Waals surface area contributed by atoms with E-state index in [4.69, 9.17) is 14.2 Å². The first-order valence-electron chi connectivity index (χ1n) is 9.61. The number of benzene rings is 1. The summed E-state index contributed by atoms with van der Waals surface area (Å²) in [4.78, 5) is 36.8. The summed E-state index contributed by atoms with van der Waals surface area (Å²) in [6, 6.07) is 7.41. The number of rotatable bonds is 8. The molecule has 1 aliphatic heterocycles. The second kappa shape index (κ2) is 9.80. The van der Waals surface area contributed by atoms with Crippen molar-refractivity contribution in [1.82, 2.24) is 0 Å². The zero-order chi connectivity index (χ0) is 21.6. The van der Waals surface area contributed by atoms with E-state index in [1.165, 1.54) is 14.0 Å². The summed E-state index contributed by atoms with van der Waals surface area (Å²) >= 11 is 0. The minimum absolute atomic E-state index is 0.0670. The van der Waals surface area contributed by atoms with E-state index in [0.717, 1.165) is 5.56 Å². The average Bonchev–Trinajstić information content (AvgIpc) is 2.69. The molecule has 1 aromatic rings. The Bertz CT molecular complexity index is 772. The van der Waals surface area contributed by atoms with Crippen LogP contribution in [0, 0.1) is 5.41 Å². The maximum atomic E-state index is 12.9. The molecule has 1 N–H and O–H groups in total. The molecule has 7 nitrogen and oxygen atoms in total. The Morgan fingerprint density at radius 1 is 1.24 bits per heavy atom. The van der Waals surface area contributed by atoms with E-state index in [1.807, 2.05) is 24.3 Å². The highest BCUT2D eigenvalue weighted by atomic mass is 16.6. The molecule has 1 saturated heterocycles. The third-order valence-electron chi connectivity index (χ3n) is 5.18. The molecule has 1 aliphatic rings. The van der Waals surface area contributed by atoms with Gasteiger partial charge < -0.3 is 19.5 Å². The number of hydrogen-bond acceptors (Lipinski definition) is 6. The molecule has 7 heteroatoms. The van der Waals surface area contributed by atoms with Gasteiger partial charge in [0.05, 0.1) is 18.8 Å². The predicted octanol–water partition coefficient (Wildman–Crippen LogP) is 2.69. The van der Waals surface area contributed by atoms with Gasteiger partial charge in [0.2, 0.25) is 5.91 Å². The molecule has 0 unspecified atom stereocenters. The number of nitrogens with one attached hydrogen (secondary N) is 1. The Hall–Kier alpha value is -2.51. The number of esters is 1. The molecule has 0 radical (unpaired) electrons. The van der Waals surface area contributed by atoms with Gasteiger partial charge in [-0.15, -0.1) is 0 Å².